The SMILES string of the molecule is COc1nc(O[C@H]2CCc3c(-c4cccc(C(=O)Nc5ccc(CN6C[C@@H](O)C[C@H]6C(=O)O)cn5)c4Cl)cccc32)c(Cl)cc1CNC[C@@H](O)CC(=O)O. The standard InChI is InChI=1S/C38H39Cl2N5O9/c1-53-36-21(16-41-17-22(46)14-33(48)49)12-29(39)37(44-36)54-31-10-9-25-24(4-2-5-26(25)31)27-6-3-7-28(34(27)40)35(50)43-32-11-8-20(15-42-32)18-45-19-23(47)13-30(45)38(51)52/h2-8,11-12,15,22-23,30-31,41,46-47H,9-10,13-14,16-19H2,1H3,(H,48,49)(H,51,52)(H,42,43,50)/t22-,23-,30-,31-/m0/s1. The Balaban J connectivity index is 1.14. The molecule has 2 aromatic heterocycles. The Morgan fingerprint density at radius 1 is 1.06 bits per heavy atom. The van der Waals surface area contributed by atoms with Gasteiger partial charge in [0.2, 0.25) is 11.8 Å². The molecular formula is C38H39Cl2N5O9. The number of carboxylic acids is 2. The number of hydrogen-bond donors (Lipinski definition) is 6. The third-order valence-corrected chi connectivity index (χ3v) is 10.1. The number of aliphatic hydroxyl groups is 2. The number of rotatable bonds is 15. The van der Waals surface area contributed by atoms with Gasteiger partial charge in [0, 0.05) is 49.9 Å². The highest BCUT2D eigenvalue weighted by atomic mass is 35.5. The fraction of sp³-hybridized carbons (Fsp3) is 0.342. The fourth-order valence-electron chi connectivity index (χ4n) is 6.89. The molecule has 2 aromatic carbocycles. The number of aliphatic hydroxyl groups excluding tert-OH is 2. The second kappa shape index (κ2) is 17.1. The van der Waals surface area contributed by atoms with Crippen molar-refractivity contribution in [1.82, 2.24) is 20.2 Å². The summed E-state index contributed by atoms with van der Waals surface area (Å²) in [5.74, 6) is -1.78. The molecule has 6 N–H and O–H groups in total. The van der Waals surface area contributed by atoms with Crippen molar-refractivity contribution in [2.24, 2.45) is 0 Å². The number of benzene rings is 2. The second-order valence-electron chi connectivity index (χ2n) is 13.2. The summed E-state index contributed by atoms with van der Waals surface area (Å²) in [5.41, 5.74) is 5.07. The molecule has 54 heavy (non-hydrogen) atoms. The molecule has 1 fully saturated rings. The van der Waals surface area contributed by atoms with Gasteiger partial charge in [-0.3, -0.25) is 19.3 Å². The molecule has 1 saturated heterocycles. The number of halogens is 2. The van der Waals surface area contributed by atoms with Crippen LogP contribution in [0, 0.1) is 0 Å². The first kappa shape index (κ1) is 38.9. The predicted octanol–water partition coefficient (Wildman–Crippen LogP) is 4.72. The smallest absolute Gasteiger partial charge is 0.321 e. The molecule has 0 unspecified atom stereocenters. The first-order valence-electron chi connectivity index (χ1n) is 17.2. The molecule has 16 heteroatoms. The van der Waals surface area contributed by atoms with Crippen LogP contribution in [-0.2, 0) is 29.1 Å². The minimum atomic E-state index is -1.09. The van der Waals surface area contributed by atoms with Crippen molar-refractivity contribution < 1.29 is 44.3 Å². The first-order valence-corrected chi connectivity index (χ1v) is 18.0. The highest BCUT2D eigenvalue weighted by molar-refractivity contribution is 6.37. The molecule has 284 valence electrons. The van der Waals surface area contributed by atoms with Crippen molar-refractivity contribution in [3.05, 3.63) is 98.7 Å². The Bertz CT molecular complexity index is 2030. The summed E-state index contributed by atoms with van der Waals surface area (Å²) in [6.07, 6.45) is 0.513. The summed E-state index contributed by atoms with van der Waals surface area (Å²) < 4.78 is 11.8. The number of carbonyl (C=O) groups is 3. The number of hydrogen-bond acceptors (Lipinski definition) is 11. The van der Waals surface area contributed by atoms with Crippen LogP contribution in [0.2, 0.25) is 10.0 Å². The van der Waals surface area contributed by atoms with Crippen LogP contribution in [0.1, 0.15) is 58.0 Å². The van der Waals surface area contributed by atoms with Gasteiger partial charge in [-0.25, -0.2) is 4.98 Å². The summed E-state index contributed by atoms with van der Waals surface area (Å²) in [4.78, 5) is 46.4. The number of carbonyl (C=O) groups excluding carboxylic acids is 1. The van der Waals surface area contributed by atoms with E-state index in [1.54, 1.807) is 41.4 Å². The summed E-state index contributed by atoms with van der Waals surface area (Å²) in [6.45, 7) is 0.832. The van der Waals surface area contributed by atoms with Crippen LogP contribution in [0.4, 0.5) is 5.82 Å². The number of aliphatic carboxylic acids is 2. The Labute approximate surface area is 320 Å². The number of amides is 1. The highest BCUT2D eigenvalue weighted by Gasteiger charge is 2.36. The lowest BCUT2D eigenvalue weighted by Gasteiger charge is -2.20. The van der Waals surface area contributed by atoms with Crippen LogP contribution in [0.25, 0.3) is 11.1 Å². The second-order valence-corrected chi connectivity index (χ2v) is 14.0. The Morgan fingerprint density at radius 2 is 1.83 bits per heavy atom. The van der Waals surface area contributed by atoms with Gasteiger partial charge in [0.1, 0.15) is 23.0 Å². The lowest BCUT2D eigenvalue weighted by Crippen LogP contribution is -2.35. The molecule has 1 aliphatic heterocycles. The lowest BCUT2D eigenvalue weighted by molar-refractivity contribution is -0.142. The van der Waals surface area contributed by atoms with Gasteiger partial charge in [0.15, 0.2) is 0 Å². The van der Waals surface area contributed by atoms with E-state index >= 15 is 0 Å². The minimum Gasteiger partial charge on any atom is -0.481 e. The van der Waals surface area contributed by atoms with Crippen molar-refractivity contribution in [2.45, 2.75) is 63.1 Å². The van der Waals surface area contributed by atoms with Crippen LogP contribution in [0.3, 0.4) is 0 Å². The number of anilines is 1. The third-order valence-electron chi connectivity index (χ3n) is 9.40. The number of methoxy groups -OCH3 is 1. The van der Waals surface area contributed by atoms with Gasteiger partial charge in [-0.2, -0.15) is 4.98 Å². The quantitative estimate of drug-likeness (QED) is 0.0968. The molecule has 6 rings (SSSR count). The number of pyridine rings is 2. The van der Waals surface area contributed by atoms with E-state index in [0.29, 0.717) is 36.3 Å². The minimum absolute atomic E-state index is 0.0564. The van der Waals surface area contributed by atoms with E-state index in [1.807, 2.05) is 24.3 Å². The Hall–Kier alpha value is -4.83. The van der Waals surface area contributed by atoms with Crippen LogP contribution in [0.5, 0.6) is 11.8 Å². The van der Waals surface area contributed by atoms with Crippen molar-refractivity contribution >= 4 is 46.9 Å². The van der Waals surface area contributed by atoms with Crippen LogP contribution >= 0.6 is 23.2 Å². The van der Waals surface area contributed by atoms with Gasteiger partial charge in [-0.05, 0) is 53.3 Å². The topological polar surface area (TPSA) is 204 Å². The maximum atomic E-state index is 13.4. The molecule has 2 aliphatic rings. The average molecular weight is 781 g/mol. The van der Waals surface area contributed by atoms with Gasteiger partial charge >= 0.3 is 11.9 Å². The van der Waals surface area contributed by atoms with Gasteiger partial charge in [-0.15, -0.1) is 0 Å². The molecule has 4 atom stereocenters. The normalized spacial score (nSPS) is 18.6. The van der Waals surface area contributed by atoms with E-state index in [-0.39, 0.29) is 65.9 Å². The predicted molar refractivity (Wildman–Crippen MR) is 199 cm³/mol. The molecular weight excluding hydrogens is 741 g/mol. The van der Waals surface area contributed by atoms with Gasteiger partial charge < -0.3 is 40.5 Å². The average Bonchev–Trinajstić information content (AvgIpc) is 3.72. The summed E-state index contributed by atoms with van der Waals surface area (Å²) in [6, 6.07) is 15.3. The van der Waals surface area contributed by atoms with Crippen molar-refractivity contribution in [1.29, 1.82) is 0 Å². The maximum absolute atomic E-state index is 13.4. The lowest BCUT2D eigenvalue weighted by atomic mass is 9.95. The zero-order valence-corrected chi connectivity index (χ0v) is 30.7. The fourth-order valence-corrected chi connectivity index (χ4v) is 7.42. The zero-order chi connectivity index (χ0) is 38.5. The Kier molecular flexibility index (Phi) is 12.3. The molecule has 4 aromatic rings. The van der Waals surface area contributed by atoms with Crippen molar-refractivity contribution in [3.63, 3.8) is 0 Å². The summed E-state index contributed by atoms with van der Waals surface area (Å²) in [5, 5.41) is 44.4. The van der Waals surface area contributed by atoms with Gasteiger partial charge in [0.05, 0.1) is 36.3 Å². The zero-order valence-electron chi connectivity index (χ0n) is 29.2. The summed E-state index contributed by atoms with van der Waals surface area (Å²) >= 11 is 13.5. The third kappa shape index (κ3) is 8.92. The largest absolute Gasteiger partial charge is 0.481 e. The molecule has 0 spiro atoms. The van der Waals surface area contributed by atoms with Crippen LogP contribution < -0.4 is 20.1 Å². The van der Waals surface area contributed by atoms with E-state index in [9.17, 15) is 29.7 Å². The number of nitrogens with one attached hydrogen (secondary N) is 2. The molecule has 14 nitrogen and oxygen atoms in total. The Morgan fingerprint density at radius 3 is 2.56 bits per heavy atom. The number of nitrogens with zero attached hydrogens (tertiary/aromatic N) is 3. The first-order chi connectivity index (χ1) is 25.9. The van der Waals surface area contributed by atoms with E-state index in [1.165, 1.54) is 7.11 Å². The number of likely N-dealkylation sites (tertiary alicyclic amines) is 1. The number of fused-ring (bicyclic) bond motifs is 1. The number of ether oxygens (including phenoxy) is 2. The molecule has 0 bridgehead atoms. The molecule has 0 radical (unpaired) electrons. The molecule has 3 heterocycles. The van der Waals surface area contributed by atoms with E-state index in [4.69, 9.17) is 37.8 Å². The number of aromatic nitrogens is 2. The highest BCUT2D eigenvalue weighted by Crippen LogP contribution is 2.43. The molecule has 1 aliphatic carbocycles. The number of carboxylic acid groups (broad SMARTS) is 2. The van der Waals surface area contributed by atoms with E-state index in [2.05, 4.69) is 20.6 Å². The monoisotopic (exact) mass is 779 g/mol. The number of β-amino-alcohol motifs (C(OH)–C–C–N with tert-alkyl or cyclic N) is 1. The van der Waals surface area contributed by atoms with Gasteiger partial charge in [-0.1, -0.05) is 59.6 Å². The molecule has 1 amide bonds. The maximum Gasteiger partial charge on any atom is 0.321 e. The van der Waals surface area contributed by atoms with Gasteiger partial charge in [0.25, 0.3) is 5.91 Å². The van der Waals surface area contributed by atoms with Crippen molar-refractivity contribution in [3.8, 4) is 22.9 Å². The molecule has 0 saturated carbocycles. The van der Waals surface area contributed by atoms with Crippen molar-refractivity contribution in [2.75, 3.05) is 25.5 Å². The van der Waals surface area contributed by atoms with Crippen LogP contribution in [0.15, 0.2) is 60.8 Å². The summed E-state index contributed by atoms with van der Waals surface area (Å²) in [7, 11) is 1.47. The van der Waals surface area contributed by atoms with Crippen LogP contribution in [-0.4, -0.2) is 91.6 Å². The van der Waals surface area contributed by atoms with E-state index in [0.717, 1.165) is 22.3 Å². The van der Waals surface area contributed by atoms with E-state index < -0.39 is 36.1 Å².